The Balaban J connectivity index is 3.09. The van der Waals surface area contributed by atoms with Crippen molar-refractivity contribution < 1.29 is 18.7 Å². The van der Waals surface area contributed by atoms with Gasteiger partial charge in [0.2, 0.25) is 0 Å². The summed E-state index contributed by atoms with van der Waals surface area (Å²) in [6.45, 7) is -0.167. The summed E-state index contributed by atoms with van der Waals surface area (Å²) in [5.74, 6) is -1.77. The zero-order valence-corrected chi connectivity index (χ0v) is 6.97. The molecule has 0 saturated carbocycles. The second-order valence-corrected chi connectivity index (χ2v) is 2.42. The van der Waals surface area contributed by atoms with Crippen LogP contribution >= 0.6 is 0 Å². The van der Waals surface area contributed by atoms with Gasteiger partial charge < -0.3 is 9.94 Å². The Morgan fingerprint density at radius 2 is 2.15 bits per heavy atom. The highest BCUT2D eigenvalue weighted by Gasteiger charge is 2.10. The first kappa shape index (κ1) is 9.88. The molecule has 5 heteroatoms. The van der Waals surface area contributed by atoms with Gasteiger partial charge in [-0.1, -0.05) is 0 Å². The van der Waals surface area contributed by atoms with Gasteiger partial charge in [-0.05, 0) is 6.07 Å². The quantitative estimate of drug-likeness (QED) is 0.707. The van der Waals surface area contributed by atoms with Gasteiger partial charge in [0, 0.05) is 18.2 Å². The lowest BCUT2D eigenvalue weighted by atomic mass is 10.2. The van der Waals surface area contributed by atoms with Crippen molar-refractivity contribution in [1.29, 1.82) is 0 Å². The van der Waals surface area contributed by atoms with E-state index < -0.39 is 11.6 Å². The molecule has 0 aliphatic rings. The normalized spacial score (nSPS) is 10.2. The molecule has 0 spiro atoms. The minimum absolute atomic E-state index is 0.0133. The predicted octanol–water partition coefficient (Wildman–Crippen LogP) is 1.45. The van der Waals surface area contributed by atoms with Crippen LogP contribution in [0.1, 0.15) is 5.56 Å². The van der Waals surface area contributed by atoms with E-state index in [0.717, 1.165) is 6.07 Å². The first-order valence-corrected chi connectivity index (χ1v) is 3.58. The summed E-state index contributed by atoms with van der Waals surface area (Å²) in [4.78, 5) is 0. The van der Waals surface area contributed by atoms with E-state index in [2.05, 4.69) is 0 Å². The molecule has 1 rings (SSSR count). The minimum Gasteiger partial charge on any atom is -0.497 e. The van der Waals surface area contributed by atoms with Crippen LogP contribution in [0.25, 0.3) is 0 Å². The van der Waals surface area contributed by atoms with Crippen molar-refractivity contribution in [1.82, 2.24) is 5.48 Å². The van der Waals surface area contributed by atoms with E-state index in [1.807, 2.05) is 0 Å². The number of methoxy groups -OCH3 is 1. The number of ether oxygens (including phenoxy) is 1. The highest BCUT2D eigenvalue weighted by Crippen LogP contribution is 2.19. The molecule has 0 radical (unpaired) electrons. The lowest BCUT2D eigenvalue weighted by Gasteiger charge is -2.05. The number of benzene rings is 1. The maximum Gasteiger partial charge on any atom is 0.163 e. The molecule has 0 aliphatic carbocycles. The third kappa shape index (κ3) is 2.13. The zero-order chi connectivity index (χ0) is 9.84. The van der Waals surface area contributed by atoms with Gasteiger partial charge in [0.05, 0.1) is 7.11 Å². The molecule has 0 unspecified atom stereocenters. The first-order valence-electron chi connectivity index (χ1n) is 3.58. The minimum atomic E-state index is -0.996. The maximum atomic E-state index is 12.9. The van der Waals surface area contributed by atoms with Crippen molar-refractivity contribution in [2.75, 3.05) is 7.11 Å². The standard InChI is InChI=1S/C8H9F2NO2/c1-13-6-2-5(4-11-12)8(10)7(9)3-6/h2-3,11-12H,4H2,1H3. The summed E-state index contributed by atoms with van der Waals surface area (Å²) in [6.07, 6.45) is 0. The van der Waals surface area contributed by atoms with Gasteiger partial charge in [-0.15, -0.1) is 0 Å². The van der Waals surface area contributed by atoms with E-state index in [-0.39, 0.29) is 17.9 Å². The molecule has 13 heavy (non-hydrogen) atoms. The van der Waals surface area contributed by atoms with E-state index in [1.165, 1.54) is 13.2 Å². The van der Waals surface area contributed by atoms with E-state index in [9.17, 15) is 8.78 Å². The smallest absolute Gasteiger partial charge is 0.163 e. The summed E-state index contributed by atoms with van der Waals surface area (Å²) in [7, 11) is 1.35. The van der Waals surface area contributed by atoms with Crippen LogP contribution in [0.2, 0.25) is 0 Å². The molecule has 0 saturated heterocycles. The molecule has 0 atom stereocenters. The topological polar surface area (TPSA) is 41.5 Å². The van der Waals surface area contributed by atoms with Crippen molar-refractivity contribution in [2.24, 2.45) is 0 Å². The molecule has 0 aliphatic heterocycles. The van der Waals surface area contributed by atoms with Crippen LogP contribution in [0.15, 0.2) is 12.1 Å². The van der Waals surface area contributed by atoms with Gasteiger partial charge in [0.25, 0.3) is 0 Å². The van der Waals surface area contributed by atoms with E-state index in [1.54, 1.807) is 5.48 Å². The fraction of sp³-hybridized carbons (Fsp3) is 0.250. The van der Waals surface area contributed by atoms with Crippen molar-refractivity contribution in [2.45, 2.75) is 6.54 Å². The fourth-order valence-electron chi connectivity index (χ4n) is 0.950. The van der Waals surface area contributed by atoms with Crippen molar-refractivity contribution in [3.8, 4) is 5.75 Å². The number of hydrogen-bond acceptors (Lipinski definition) is 3. The SMILES string of the molecule is COc1cc(F)c(F)c(CNO)c1. The maximum absolute atomic E-state index is 12.9. The summed E-state index contributed by atoms with van der Waals surface area (Å²) < 4.78 is 30.4. The fourth-order valence-corrected chi connectivity index (χ4v) is 0.950. The van der Waals surface area contributed by atoms with Crippen LogP contribution in [0.5, 0.6) is 5.75 Å². The number of rotatable bonds is 3. The average molecular weight is 189 g/mol. The van der Waals surface area contributed by atoms with Crippen molar-refractivity contribution >= 4 is 0 Å². The van der Waals surface area contributed by atoms with E-state index in [4.69, 9.17) is 9.94 Å². The Kier molecular flexibility index (Phi) is 3.16. The van der Waals surface area contributed by atoms with Gasteiger partial charge >= 0.3 is 0 Å². The molecule has 0 fully saturated rings. The van der Waals surface area contributed by atoms with Gasteiger partial charge in [-0.3, -0.25) is 0 Å². The monoisotopic (exact) mass is 189 g/mol. The lowest BCUT2D eigenvalue weighted by Crippen LogP contribution is -2.09. The summed E-state index contributed by atoms with van der Waals surface area (Å²) in [5.41, 5.74) is 1.75. The van der Waals surface area contributed by atoms with Crippen LogP contribution in [0, 0.1) is 11.6 Å². The molecule has 3 nitrogen and oxygen atoms in total. The first-order chi connectivity index (χ1) is 6.19. The number of hydrogen-bond donors (Lipinski definition) is 2. The zero-order valence-electron chi connectivity index (χ0n) is 6.97. The van der Waals surface area contributed by atoms with Crippen molar-refractivity contribution in [3.63, 3.8) is 0 Å². The van der Waals surface area contributed by atoms with Gasteiger partial charge in [0.15, 0.2) is 11.6 Å². The molecule has 0 bridgehead atoms. The van der Waals surface area contributed by atoms with Crippen LogP contribution < -0.4 is 10.2 Å². The second kappa shape index (κ2) is 4.15. The Labute approximate surface area is 73.9 Å². The third-order valence-corrected chi connectivity index (χ3v) is 1.58. The molecular weight excluding hydrogens is 180 g/mol. The van der Waals surface area contributed by atoms with E-state index >= 15 is 0 Å². The number of hydroxylamine groups is 1. The molecule has 1 aromatic rings. The summed E-state index contributed by atoms with van der Waals surface area (Å²) >= 11 is 0. The lowest BCUT2D eigenvalue weighted by molar-refractivity contribution is 0.159. The predicted molar refractivity (Wildman–Crippen MR) is 41.5 cm³/mol. The molecule has 0 aromatic heterocycles. The third-order valence-electron chi connectivity index (χ3n) is 1.58. The van der Waals surface area contributed by atoms with Crippen LogP contribution in [0.4, 0.5) is 8.78 Å². The Bertz CT molecular complexity index is 304. The number of halogens is 2. The van der Waals surface area contributed by atoms with Crippen LogP contribution in [-0.2, 0) is 6.54 Å². The van der Waals surface area contributed by atoms with Gasteiger partial charge in [0.1, 0.15) is 5.75 Å². The van der Waals surface area contributed by atoms with Crippen LogP contribution in [-0.4, -0.2) is 12.3 Å². The molecule has 0 heterocycles. The molecule has 2 N–H and O–H groups in total. The molecule has 1 aromatic carbocycles. The largest absolute Gasteiger partial charge is 0.497 e. The molecule has 72 valence electrons. The number of nitrogens with one attached hydrogen (secondary N) is 1. The summed E-state index contributed by atoms with van der Waals surface area (Å²) in [6, 6.07) is 2.25. The Morgan fingerprint density at radius 3 is 2.69 bits per heavy atom. The summed E-state index contributed by atoms with van der Waals surface area (Å²) in [5, 5.41) is 8.32. The Morgan fingerprint density at radius 1 is 1.46 bits per heavy atom. The second-order valence-electron chi connectivity index (χ2n) is 2.42. The van der Waals surface area contributed by atoms with E-state index in [0.29, 0.717) is 0 Å². The Hall–Kier alpha value is -1.20. The molecular formula is C8H9F2NO2. The molecule has 0 amide bonds. The van der Waals surface area contributed by atoms with Gasteiger partial charge in [-0.25, -0.2) is 14.3 Å². The van der Waals surface area contributed by atoms with Crippen molar-refractivity contribution in [3.05, 3.63) is 29.3 Å². The average Bonchev–Trinajstić information content (AvgIpc) is 2.13. The van der Waals surface area contributed by atoms with Gasteiger partial charge in [-0.2, -0.15) is 0 Å². The highest BCUT2D eigenvalue weighted by molar-refractivity contribution is 5.30. The van der Waals surface area contributed by atoms with Crippen LogP contribution in [0.3, 0.4) is 0 Å². The highest BCUT2D eigenvalue weighted by atomic mass is 19.2.